The molecule has 0 N–H and O–H groups in total. The highest BCUT2D eigenvalue weighted by Gasteiger charge is 2.24. The fraction of sp³-hybridized carbons (Fsp3) is 0.600. The van der Waals surface area contributed by atoms with E-state index in [1.54, 1.807) is 5.57 Å². The number of unbranched alkanes of at least 4 members (excludes halogenated alkanes) is 1. The van der Waals surface area contributed by atoms with Crippen LogP contribution in [0.15, 0.2) is 34.4 Å². The summed E-state index contributed by atoms with van der Waals surface area (Å²) in [7, 11) is 0. The number of aryl methyl sites for hydroxylation is 1. The Bertz CT molecular complexity index is 854. The van der Waals surface area contributed by atoms with Gasteiger partial charge in [-0.2, -0.15) is 4.98 Å². The monoisotopic (exact) mass is 410 g/mol. The number of aromatic nitrogens is 2. The van der Waals surface area contributed by atoms with Crippen LogP contribution < -0.4 is 9.47 Å². The number of ether oxygens (including phenoxy) is 2. The van der Waals surface area contributed by atoms with E-state index in [9.17, 15) is 0 Å². The van der Waals surface area contributed by atoms with Crippen LogP contribution in [0.5, 0.6) is 11.5 Å². The Morgan fingerprint density at radius 3 is 2.80 bits per heavy atom. The highest BCUT2D eigenvalue weighted by molar-refractivity contribution is 5.43. The number of nitrogens with zero attached hydrogens (tertiary/aromatic N) is 2. The quantitative estimate of drug-likeness (QED) is 0.350. The van der Waals surface area contributed by atoms with Gasteiger partial charge in [0.25, 0.3) is 0 Å². The van der Waals surface area contributed by atoms with Crippen molar-refractivity contribution < 1.29 is 14.0 Å². The van der Waals surface area contributed by atoms with Gasteiger partial charge < -0.3 is 14.0 Å². The standard InChI is InChI=1S/C25H34N2O3/c1-3-19(6-4-5-7-25-26-24(27-30-25)17-20-8-9-20)14-18(2)15-21-10-11-22-23(16-21)29-13-12-28-22/h3,10-11,16,18,20H,4-9,12-15,17H2,1-2H3/b19-3-/t18-/m0/s1. The Morgan fingerprint density at radius 1 is 1.17 bits per heavy atom. The number of benzene rings is 1. The summed E-state index contributed by atoms with van der Waals surface area (Å²) in [6.45, 7) is 5.77. The van der Waals surface area contributed by atoms with E-state index in [1.807, 2.05) is 6.07 Å². The van der Waals surface area contributed by atoms with Crippen molar-refractivity contribution in [3.63, 3.8) is 0 Å². The first-order valence-electron chi connectivity index (χ1n) is 11.5. The van der Waals surface area contributed by atoms with Crippen LogP contribution in [0.2, 0.25) is 0 Å². The summed E-state index contributed by atoms with van der Waals surface area (Å²) >= 11 is 0. The van der Waals surface area contributed by atoms with Gasteiger partial charge in [-0.15, -0.1) is 0 Å². The van der Waals surface area contributed by atoms with Crippen molar-refractivity contribution in [3.8, 4) is 11.5 Å². The maximum absolute atomic E-state index is 5.72. The maximum Gasteiger partial charge on any atom is 0.226 e. The Kier molecular flexibility index (Phi) is 7.08. The summed E-state index contributed by atoms with van der Waals surface area (Å²) in [6, 6.07) is 6.35. The van der Waals surface area contributed by atoms with E-state index in [0.717, 1.165) is 74.1 Å². The predicted molar refractivity (Wildman–Crippen MR) is 117 cm³/mol. The predicted octanol–water partition coefficient (Wildman–Crippen LogP) is 5.72. The molecule has 5 nitrogen and oxygen atoms in total. The molecule has 1 aliphatic heterocycles. The van der Waals surface area contributed by atoms with Gasteiger partial charge in [-0.05, 0) is 81.4 Å². The topological polar surface area (TPSA) is 57.4 Å². The Hall–Kier alpha value is -2.30. The number of fused-ring (bicyclic) bond motifs is 1. The Labute approximate surface area is 179 Å². The zero-order chi connectivity index (χ0) is 20.8. The average Bonchev–Trinajstić information content (AvgIpc) is 3.46. The van der Waals surface area contributed by atoms with Gasteiger partial charge in [-0.1, -0.05) is 29.8 Å². The third-order valence-corrected chi connectivity index (χ3v) is 6.03. The zero-order valence-electron chi connectivity index (χ0n) is 18.4. The van der Waals surface area contributed by atoms with Crippen LogP contribution in [0.3, 0.4) is 0 Å². The summed E-state index contributed by atoms with van der Waals surface area (Å²) < 4.78 is 16.7. The van der Waals surface area contributed by atoms with Crippen LogP contribution >= 0.6 is 0 Å². The largest absolute Gasteiger partial charge is 0.486 e. The van der Waals surface area contributed by atoms with Crippen LogP contribution in [0.1, 0.15) is 69.7 Å². The molecule has 4 rings (SSSR count). The van der Waals surface area contributed by atoms with Gasteiger partial charge in [0.1, 0.15) is 13.2 Å². The minimum Gasteiger partial charge on any atom is -0.486 e. The van der Waals surface area contributed by atoms with Crippen LogP contribution in [-0.2, 0) is 19.3 Å². The molecular weight excluding hydrogens is 376 g/mol. The van der Waals surface area contributed by atoms with E-state index < -0.39 is 0 Å². The minimum absolute atomic E-state index is 0.597. The van der Waals surface area contributed by atoms with Gasteiger partial charge in [-0.25, -0.2) is 0 Å². The summed E-state index contributed by atoms with van der Waals surface area (Å²) in [5, 5.41) is 4.12. The minimum atomic E-state index is 0.597. The lowest BCUT2D eigenvalue weighted by molar-refractivity contribution is 0.171. The van der Waals surface area contributed by atoms with Gasteiger partial charge >= 0.3 is 0 Å². The third-order valence-electron chi connectivity index (χ3n) is 6.03. The molecule has 1 aromatic heterocycles. The van der Waals surface area contributed by atoms with E-state index in [4.69, 9.17) is 14.0 Å². The molecule has 1 atom stereocenters. The molecule has 2 aliphatic rings. The van der Waals surface area contributed by atoms with Gasteiger partial charge in [-0.3, -0.25) is 0 Å². The van der Waals surface area contributed by atoms with Crippen LogP contribution in [0, 0.1) is 11.8 Å². The maximum atomic E-state index is 5.72. The molecule has 0 amide bonds. The first-order chi connectivity index (χ1) is 14.7. The van der Waals surface area contributed by atoms with Gasteiger partial charge in [0, 0.05) is 12.8 Å². The number of rotatable bonds is 11. The smallest absolute Gasteiger partial charge is 0.226 e. The molecule has 0 radical (unpaired) electrons. The molecule has 1 aromatic carbocycles. The van der Waals surface area contributed by atoms with Crippen molar-refractivity contribution in [1.82, 2.24) is 10.1 Å². The van der Waals surface area contributed by atoms with Crippen molar-refractivity contribution >= 4 is 0 Å². The van der Waals surface area contributed by atoms with Crippen LogP contribution in [0.4, 0.5) is 0 Å². The second-order valence-corrected chi connectivity index (χ2v) is 8.90. The third kappa shape index (κ3) is 6.10. The van der Waals surface area contributed by atoms with Gasteiger partial charge in [0.05, 0.1) is 0 Å². The molecule has 0 bridgehead atoms. The SMILES string of the molecule is C/C=C(/CCCCc1nc(CC2CC2)no1)C[C@H](C)Cc1ccc2c(c1)OCCO2. The summed E-state index contributed by atoms with van der Waals surface area (Å²) in [4.78, 5) is 4.54. The second-order valence-electron chi connectivity index (χ2n) is 8.90. The number of hydrogen-bond acceptors (Lipinski definition) is 5. The summed E-state index contributed by atoms with van der Waals surface area (Å²) in [6.07, 6.45) is 12.4. The van der Waals surface area contributed by atoms with Crippen LogP contribution in [-0.4, -0.2) is 23.4 Å². The molecule has 30 heavy (non-hydrogen) atoms. The van der Waals surface area contributed by atoms with E-state index in [2.05, 4.69) is 42.2 Å². The van der Waals surface area contributed by atoms with E-state index in [1.165, 1.54) is 18.4 Å². The molecular formula is C25H34N2O3. The van der Waals surface area contributed by atoms with Crippen molar-refractivity contribution in [1.29, 1.82) is 0 Å². The van der Waals surface area contributed by atoms with Crippen molar-refractivity contribution in [3.05, 3.63) is 47.1 Å². The molecule has 0 saturated heterocycles. The molecule has 162 valence electrons. The molecule has 1 aliphatic carbocycles. The molecule has 2 heterocycles. The van der Waals surface area contributed by atoms with E-state index in [0.29, 0.717) is 19.1 Å². The lowest BCUT2D eigenvalue weighted by atomic mass is 9.91. The highest BCUT2D eigenvalue weighted by Crippen LogP contribution is 2.33. The van der Waals surface area contributed by atoms with Crippen molar-refractivity contribution in [2.24, 2.45) is 11.8 Å². The second kappa shape index (κ2) is 10.1. The van der Waals surface area contributed by atoms with Gasteiger partial charge in [0.15, 0.2) is 17.3 Å². The normalized spacial score (nSPS) is 17.2. The molecule has 2 aromatic rings. The molecule has 5 heteroatoms. The summed E-state index contributed by atoms with van der Waals surface area (Å²) in [5.74, 6) is 4.86. The number of hydrogen-bond donors (Lipinski definition) is 0. The number of allylic oxidation sites excluding steroid dienone is 2. The molecule has 0 spiro atoms. The van der Waals surface area contributed by atoms with E-state index in [-0.39, 0.29) is 0 Å². The summed E-state index contributed by atoms with van der Waals surface area (Å²) in [5.41, 5.74) is 2.86. The molecule has 0 unspecified atom stereocenters. The Balaban J connectivity index is 1.17. The van der Waals surface area contributed by atoms with Crippen molar-refractivity contribution in [2.45, 2.75) is 71.6 Å². The van der Waals surface area contributed by atoms with Crippen molar-refractivity contribution in [2.75, 3.05) is 13.2 Å². The van der Waals surface area contributed by atoms with Gasteiger partial charge in [0.2, 0.25) is 5.89 Å². The van der Waals surface area contributed by atoms with E-state index >= 15 is 0 Å². The highest BCUT2D eigenvalue weighted by atomic mass is 16.6. The average molecular weight is 411 g/mol. The lowest BCUT2D eigenvalue weighted by Gasteiger charge is -2.20. The molecule has 1 saturated carbocycles. The fourth-order valence-electron chi connectivity index (χ4n) is 4.18. The fourth-order valence-corrected chi connectivity index (χ4v) is 4.18. The first kappa shape index (κ1) is 21.0. The first-order valence-corrected chi connectivity index (χ1v) is 11.5. The van der Waals surface area contributed by atoms with Crippen LogP contribution in [0.25, 0.3) is 0 Å². The Morgan fingerprint density at radius 2 is 2.00 bits per heavy atom. The lowest BCUT2D eigenvalue weighted by Crippen LogP contribution is -2.15. The molecule has 1 fully saturated rings. The zero-order valence-corrected chi connectivity index (χ0v) is 18.4.